The Hall–Kier alpha value is -6.07. The van der Waals surface area contributed by atoms with Crippen LogP contribution in [0.15, 0.2) is 133 Å². The van der Waals surface area contributed by atoms with Gasteiger partial charge in [-0.05, 0) is 76.5 Å². The van der Waals surface area contributed by atoms with Crippen LogP contribution in [0.1, 0.15) is 46.0 Å². The third-order valence-electron chi connectivity index (χ3n) is 14.1. The van der Waals surface area contributed by atoms with E-state index in [1.807, 2.05) is 119 Å². The number of aliphatic hydroxyl groups is 1. The van der Waals surface area contributed by atoms with Crippen molar-refractivity contribution in [2.24, 2.45) is 5.92 Å². The number of aliphatic hydroxyl groups excluding tert-OH is 1. The molecule has 0 radical (unpaired) electrons. The molecule has 1 saturated heterocycles. The van der Waals surface area contributed by atoms with Gasteiger partial charge in [0.25, 0.3) is 11.8 Å². The molecule has 4 aliphatic heterocycles. The first-order valence-corrected chi connectivity index (χ1v) is 24.3. The van der Waals surface area contributed by atoms with E-state index in [-0.39, 0.29) is 54.8 Å². The summed E-state index contributed by atoms with van der Waals surface area (Å²) in [5.74, 6) is 0.155. The van der Waals surface area contributed by atoms with Gasteiger partial charge in [-0.3, -0.25) is 19.3 Å². The van der Waals surface area contributed by atoms with E-state index in [2.05, 4.69) is 44.3 Å². The minimum atomic E-state index is -2.53. The number of para-hydroxylation sites is 1. The molecular weight excluding hydrogens is 779 g/mol. The highest BCUT2D eigenvalue weighted by atomic mass is 28.3. The fraction of sp³-hybridized carbons (Fsp3) is 0.275. The Bertz CT molecular complexity index is 2730. The summed E-state index contributed by atoms with van der Waals surface area (Å²) in [5.41, 5.74) is 5.47. The maximum absolute atomic E-state index is 15.5. The second kappa shape index (κ2) is 14.8. The number of rotatable bonds is 9. The summed E-state index contributed by atoms with van der Waals surface area (Å²) in [7, 11) is -0.875. The fourth-order valence-electron chi connectivity index (χ4n) is 11.1. The Morgan fingerprint density at radius 2 is 1.56 bits per heavy atom. The van der Waals surface area contributed by atoms with Crippen molar-refractivity contribution in [2.75, 3.05) is 23.5 Å². The number of carbonyl (C=O) groups excluding carboxylic acids is 3. The number of ether oxygens (including phenoxy) is 2. The minimum Gasteiger partial charge on any atom is -0.497 e. The van der Waals surface area contributed by atoms with Gasteiger partial charge in [0.15, 0.2) is 5.60 Å². The van der Waals surface area contributed by atoms with Crippen LogP contribution in [0.3, 0.4) is 0 Å². The van der Waals surface area contributed by atoms with Gasteiger partial charge in [0.05, 0.1) is 63.8 Å². The number of anilines is 3. The molecule has 0 saturated carbocycles. The van der Waals surface area contributed by atoms with Crippen molar-refractivity contribution in [3.05, 3.63) is 161 Å². The SMILES string of the molecule is COc1ccc([Si](C)(C)[C@H]2[C@H](CC(=O)N3Cc4ccccc4C[C@H]3CO)O[C@@]3(C(=O)N(Cc4cccc(N5C(=O)c6cccc7cccc5c67)c4)c4ccccc43)[C@@H]2C)cc1. The molecule has 6 aromatic carbocycles. The average molecular weight is 828 g/mol. The monoisotopic (exact) mass is 827 g/mol. The standard InChI is InChI=1S/C51H49N3O6Si/c1-32-48(61(3,4)40-24-22-39(59-2)23-25-40)45(28-46(56)52-30-36-14-6-5-13-35(36)27-38(52)31-55)60-51(32)42-19-7-8-20-43(42)53(50(51)58)29-33-12-9-17-37(26-33)54-44-21-11-16-34-15-10-18-41(47(34)44)49(54)57/h5-26,32,38,45,48,55H,27-31H2,1-4H3/t32-,38+,45+,48-,51+/m1/s1. The van der Waals surface area contributed by atoms with Gasteiger partial charge < -0.3 is 24.4 Å². The molecule has 61 heavy (non-hydrogen) atoms. The summed E-state index contributed by atoms with van der Waals surface area (Å²) in [5, 5.41) is 13.7. The molecular formula is C51H49N3O6Si. The lowest BCUT2D eigenvalue weighted by molar-refractivity contribution is -0.151. The van der Waals surface area contributed by atoms with Crippen molar-refractivity contribution in [1.82, 2.24) is 4.90 Å². The quantitative estimate of drug-likeness (QED) is 0.148. The van der Waals surface area contributed by atoms with Crippen molar-refractivity contribution < 1.29 is 29.0 Å². The van der Waals surface area contributed by atoms with E-state index < -0.39 is 19.8 Å². The summed E-state index contributed by atoms with van der Waals surface area (Å²) in [6.07, 6.45) is 0.0862. The average Bonchev–Trinajstić information content (AvgIpc) is 3.84. The first-order valence-electron chi connectivity index (χ1n) is 21.2. The summed E-state index contributed by atoms with van der Waals surface area (Å²) >= 11 is 0. The lowest BCUT2D eigenvalue weighted by Gasteiger charge is -2.39. The highest BCUT2D eigenvalue weighted by Crippen LogP contribution is 2.60. The van der Waals surface area contributed by atoms with E-state index in [4.69, 9.17) is 9.47 Å². The van der Waals surface area contributed by atoms with Crippen LogP contribution in [-0.4, -0.2) is 61.7 Å². The number of hydrogen-bond acceptors (Lipinski definition) is 6. The van der Waals surface area contributed by atoms with Crippen LogP contribution in [0.2, 0.25) is 18.6 Å². The van der Waals surface area contributed by atoms with Gasteiger partial charge >= 0.3 is 0 Å². The van der Waals surface area contributed by atoms with Gasteiger partial charge in [0.2, 0.25) is 5.91 Å². The zero-order valence-electron chi connectivity index (χ0n) is 34.9. The van der Waals surface area contributed by atoms with Gasteiger partial charge in [0, 0.05) is 29.1 Å². The number of fused-ring (bicyclic) bond motifs is 3. The molecule has 0 aliphatic carbocycles. The number of benzene rings is 6. The van der Waals surface area contributed by atoms with Crippen LogP contribution >= 0.6 is 0 Å². The zero-order valence-corrected chi connectivity index (χ0v) is 35.9. The van der Waals surface area contributed by atoms with E-state index in [1.54, 1.807) is 12.0 Å². The molecule has 10 rings (SSSR count). The summed E-state index contributed by atoms with van der Waals surface area (Å²) in [4.78, 5) is 49.5. The van der Waals surface area contributed by atoms with Crippen molar-refractivity contribution in [3.8, 4) is 5.75 Å². The number of amides is 3. The molecule has 0 aromatic heterocycles. The van der Waals surface area contributed by atoms with Crippen LogP contribution < -0.4 is 19.7 Å². The summed E-state index contributed by atoms with van der Waals surface area (Å²) in [6, 6.07) is 43.6. The summed E-state index contributed by atoms with van der Waals surface area (Å²) < 4.78 is 12.9. The van der Waals surface area contributed by atoms with Crippen molar-refractivity contribution in [2.45, 2.75) is 69.2 Å². The van der Waals surface area contributed by atoms with Crippen LogP contribution in [0.5, 0.6) is 5.75 Å². The van der Waals surface area contributed by atoms with E-state index >= 15 is 4.79 Å². The molecule has 1 spiro atoms. The molecule has 5 atom stereocenters. The highest BCUT2D eigenvalue weighted by Gasteiger charge is 2.66. The lowest BCUT2D eigenvalue weighted by Crippen LogP contribution is -2.52. The summed E-state index contributed by atoms with van der Waals surface area (Å²) in [6.45, 7) is 7.30. The van der Waals surface area contributed by atoms with Crippen molar-refractivity contribution >= 4 is 58.8 Å². The number of methoxy groups -OCH3 is 1. The highest BCUT2D eigenvalue weighted by molar-refractivity contribution is 6.91. The van der Waals surface area contributed by atoms with Crippen LogP contribution in [0.4, 0.5) is 17.1 Å². The second-order valence-electron chi connectivity index (χ2n) is 17.6. The second-order valence-corrected chi connectivity index (χ2v) is 22.3. The zero-order chi connectivity index (χ0) is 42.2. The molecule has 1 fully saturated rings. The number of nitrogens with zero attached hydrogens (tertiary/aromatic N) is 3. The minimum absolute atomic E-state index is 0.0759. The Morgan fingerprint density at radius 1 is 0.852 bits per heavy atom. The van der Waals surface area contributed by atoms with Gasteiger partial charge in [-0.1, -0.05) is 116 Å². The van der Waals surface area contributed by atoms with Crippen LogP contribution in [0.25, 0.3) is 10.8 Å². The Morgan fingerprint density at radius 3 is 2.33 bits per heavy atom. The molecule has 308 valence electrons. The molecule has 10 heteroatoms. The van der Waals surface area contributed by atoms with E-state index in [0.29, 0.717) is 18.5 Å². The Kier molecular flexibility index (Phi) is 9.50. The first-order chi connectivity index (χ1) is 29.5. The first kappa shape index (κ1) is 39.1. The predicted octanol–water partition coefficient (Wildman–Crippen LogP) is 8.24. The molecule has 3 amide bonds. The van der Waals surface area contributed by atoms with Crippen molar-refractivity contribution in [3.63, 3.8) is 0 Å². The third kappa shape index (κ3) is 6.06. The van der Waals surface area contributed by atoms with Crippen molar-refractivity contribution in [1.29, 1.82) is 0 Å². The predicted molar refractivity (Wildman–Crippen MR) is 240 cm³/mol. The molecule has 0 unspecified atom stereocenters. The van der Waals surface area contributed by atoms with Crippen LogP contribution in [-0.2, 0) is 39.4 Å². The van der Waals surface area contributed by atoms with Gasteiger partial charge in [-0.15, -0.1) is 0 Å². The number of hydrogen-bond donors (Lipinski definition) is 1. The largest absolute Gasteiger partial charge is 0.497 e. The molecule has 6 aromatic rings. The Labute approximate surface area is 357 Å². The lowest BCUT2D eigenvalue weighted by atomic mass is 9.82. The fourth-order valence-corrected chi connectivity index (χ4v) is 15.1. The Balaban J connectivity index is 1.01. The third-order valence-corrected chi connectivity index (χ3v) is 18.4. The van der Waals surface area contributed by atoms with Gasteiger partial charge in [-0.25, -0.2) is 0 Å². The van der Waals surface area contributed by atoms with Gasteiger partial charge in [0.1, 0.15) is 5.75 Å². The molecule has 4 heterocycles. The smallest absolute Gasteiger partial charge is 0.264 e. The van der Waals surface area contributed by atoms with E-state index in [9.17, 15) is 14.7 Å². The van der Waals surface area contributed by atoms with Gasteiger partial charge in [-0.2, -0.15) is 0 Å². The molecule has 4 aliphatic rings. The van der Waals surface area contributed by atoms with Crippen LogP contribution in [0, 0.1) is 5.92 Å². The topological polar surface area (TPSA) is 99.6 Å². The number of carbonyl (C=O) groups is 3. The molecule has 1 N–H and O–H groups in total. The maximum atomic E-state index is 15.5. The molecule has 9 nitrogen and oxygen atoms in total. The maximum Gasteiger partial charge on any atom is 0.264 e. The van der Waals surface area contributed by atoms with E-state index in [0.717, 1.165) is 55.8 Å². The van der Waals surface area contributed by atoms with E-state index in [1.165, 1.54) is 5.19 Å². The molecule has 0 bridgehead atoms. The normalized spacial score (nSPS) is 22.9.